The normalized spacial score (nSPS) is 22.2. The van der Waals surface area contributed by atoms with E-state index in [2.05, 4.69) is 12.2 Å². The Balaban J connectivity index is 1.52. The zero-order valence-electron chi connectivity index (χ0n) is 14.9. The minimum absolute atomic E-state index is 0.0381. The zero-order chi connectivity index (χ0) is 18.5. The fourth-order valence-corrected chi connectivity index (χ4v) is 4.59. The molecule has 1 aliphatic heterocycles. The second-order valence-electron chi connectivity index (χ2n) is 7.25. The number of carbonyl (C=O) groups excluding carboxylic acids is 1. The van der Waals surface area contributed by atoms with Gasteiger partial charge in [-0.3, -0.25) is 4.79 Å². The van der Waals surface area contributed by atoms with Gasteiger partial charge in [0.15, 0.2) is 0 Å². The number of anilines is 1. The van der Waals surface area contributed by atoms with E-state index >= 15 is 0 Å². The predicted octanol–water partition coefficient (Wildman–Crippen LogP) is 3.11. The molecule has 26 heavy (non-hydrogen) atoms. The van der Waals surface area contributed by atoms with Gasteiger partial charge in [0, 0.05) is 25.1 Å². The molecular formula is C19H22N2O4S. The minimum atomic E-state index is -3.63. The van der Waals surface area contributed by atoms with Crippen molar-refractivity contribution in [1.29, 1.82) is 0 Å². The molecule has 2 aromatic rings. The first-order chi connectivity index (χ1) is 12.3. The van der Waals surface area contributed by atoms with Gasteiger partial charge in [-0.15, -0.1) is 0 Å². The number of amides is 1. The third kappa shape index (κ3) is 3.17. The van der Waals surface area contributed by atoms with Gasteiger partial charge in [-0.2, -0.15) is 4.31 Å². The second kappa shape index (κ2) is 6.25. The van der Waals surface area contributed by atoms with Gasteiger partial charge in [0.05, 0.1) is 11.4 Å². The maximum absolute atomic E-state index is 12.9. The highest BCUT2D eigenvalue weighted by molar-refractivity contribution is 7.89. The lowest BCUT2D eigenvalue weighted by Gasteiger charge is -2.20. The van der Waals surface area contributed by atoms with E-state index in [9.17, 15) is 13.2 Å². The van der Waals surface area contributed by atoms with Crippen molar-refractivity contribution in [3.8, 4) is 0 Å². The van der Waals surface area contributed by atoms with Gasteiger partial charge in [-0.1, -0.05) is 6.92 Å². The molecule has 0 spiro atoms. The fraction of sp³-hybridized carbons (Fsp3) is 0.421. The molecule has 7 heteroatoms. The molecule has 2 aliphatic rings. The molecule has 4 rings (SSSR count). The molecule has 1 aromatic carbocycles. The third-order valence-corrected chi connectivity index (χ3v) is 7.02. The highest BCUT2D eigenvalue weighted by Crippen LogP contribution is 2.47. The van der Waals surface area contributed by atoms with Crippen LogP contribution in [0.4, 0.5) is 5.69 Å². The van der Waals surface area contributed by atoms with Gasteiger partial charge in [-0.25, -0.2) is 8.42 Å². The molecule has 1 aliphatic carbocycles. The molecule has 0 radical (unpaired) electrons. The Hall–Kier alpha value is -2.12. The van der Waals surface area contributed by atoms with Crippen LogP contribution < -0.4 is 5.32 Å². The van der Waals surface area contributed by atoms with Crippen LogP contribution >= 0.6 is 0 Å². The standard InChI is InChI=1S/C19H22N2O4S/c1-12-9-16(12)18-7-4-14(25-18)11-21(2)26(23,24)15-5-6-17-13(10-15)3-8-19(22)20-17/h4-7,10,12,16H,3,8-9,11H2,1-2H3,(H,20,22)/t12-,16+/m1/s1. The van der Waals surface area contributed by atoms with Gasteiger partial charge in [0.25, 0.3) is 0 Å². The first-order valence-electron chi connectivity index (χ1n) is 8.82. The Morgan fingerprint density at radius 1 is 1.23 bits per heavy atom. The SMILES string of the molecule is C[C@@H]1C[C@@H]1c1ccc(CN(C)S(=O)(=O)c2ccc3c(c2)CCC(=O)N3)o1. The Labute approximate surface area is 153 Å². The largest absolute Gasteiger partial charge is 0.464 e. The predicted molar refractivity (Wildman–Crippen MR) is 97.3 cm³/mol. The van der Waals surface area contributed by atoms with Crippen molar-refractivity contribution in [2.45, 2.75) is 43.5 Å². The average molecular weight is 374 g/mol. The second-order valence-corrected chi connectivity index (χ2v) is 9.30. The highest BCUT2D eigenvalue weighted by Gasteiger charge is 2.36. The van der Waals surface area contributed by atoms with Crippen molar-refractivity contribution >= 4 is 21.6 Å². The number of rotatable bonds is 5. The number of furan rings is 1. The van der Waals surface area contributed by atoms with Crippen LogP contribution in [0.2, 0.25) is 0 Å². The molecule has 2 atom stereocenters. The molecule has 1 amide bonds. The van der Waals surface area contributed by atoms with E-state index in [0.29, 0.717) is 36.1 Å². The number of sulfonamides is 1. The van der Waals surface area contributed by atoms with Gasteiger partial charge in [0.1, 0.15) is 11.5 Å². The number of hydrogen-bond donors (Lipinski definition) is 1. The lowest BCUT2D eigenvalue weighted by Crippen LogP contribution is -2.27. The number of nitrogens with one attached hydrogen (secondary N) is 1. The maximum atomic E-state index is 12.9. The van der Waals surface area contributed by atoms with E-state index in [4.69, 9.17) is 4.42 Å². The number of benzene rings is 1. The van der Waals surface area contributed by atoms with E-state index in [1.165, 1.54) is 10.4 Å². The Bertz CT molecular complexity index is 964. The lowest BCUT2D eigenvalue weighted by atomic mass is 10.0. The molecular weight excluding hydrogens is 352 g/mol. The number of nitrogens with zero attached hydrogens (tertiary/aromatic N) is 1. The van der Waals surface area contributed by atoms with Crippen molar-refractivity contribution in [3.63, 3.8) is 0 Å². The van der Waals surface area contributed by atoms with Crippen molar-refractivity contribution < 1.29 is 17.6 Å². The molecule has 0 saturated heterocycles. The number of aryl methyl sites for hydroxylation is 1. The van der Waals surface area contributed by atoms with Crippen LogP contribution in [0.3, 0.4) is 0 Å². The summed E-state index contributed by atoms with van der Waals surface area (Å²) in [7, 11) is -2.08. The van der Waals surface area contributed by atoms with Crippen LogP contribution in [-0.2, 0) is 27.8 Å². The van der Waals surface area contributed by atoms with Crippen LogP contribution in [0.25, 0.3) is 0 Å². The summed E-state index contributed by atoms with van der Waals surface area (Å²) in [6, 6.07) is 8.66. The van der Waals surface area contributed by atoms with Crippen molar-refractivity contribution in [1.82, 2.24) is 4.31 Å². The summed E-state index contributed by atoms with van der Waals surface area (Å²) < 4.78 is 32.9. The minimum Gasteiger partial charge on any atom is -0.464 e. The molecule has 1 N–H and O–H groups in total. The van der Waals surface area contributed by atoms with E-state index < -0.39 is 10.0 Å². The van der Waals surface area contributed by atoms with Crippen LogP contribution in [0, 0.1) is 5.92 Å². The molecule has 1 fully saturated rings. The Morgan fingerprint density at radius 3 is 2.73 bits per heavy atom. The third-order valence-electron chi connectivity index (χ3n) is 5.22. The molecule has 0 unspecified atom stereocenters. The van der Waals surface area contributed by atoms with E-state index in [1.54, 1.807) is 19.2 Å². The van der Waals surface area contributed by atoms with Crippen LogP contribution in [0.5, 0.6) is 0 Å². The molecule has 0 bridgehead atoms. The Morgan fingerprint density at radius 2 is 2.00 bits per heavy atom. The quantitative estimate of drug-likeness (QED) is 0.872. The number of carbonyl (C=O) groups is 1. The summed E-state index contributed by atoms with van der Waals surface area (Å²) in [5.41, 5.74) is 1.54. The summed E-state index contributed by atoms with van der Waals surface area (Å²) in [6.07, 6.45) is 2.06. The zero-order valence-corrected chi connectivity index (χ0v) is 15.7. The van der Waals surface area contributed by atoms with Crippen LogP contribution in [0.15, 0.2) is 39.6 Å². The summed E-state index contributed by atoms with van der Waals surface area (Å²) in [6.45, 7) is 2.37. The lowest BCUT2D eigenvalue weighted by molar-refractivity contribution is -0.116. The number of fused-ring (bicyclic) bond motifs is 1. The monoisotopic (exact) mass is 374 g/mol. The van der Waals surface area contributed by atoms with Crippen LogP contribution in [0.1, 0.15) is 42.8 Å². The van der Waals surface area contributed by atoms with Crippen LogP contribution in [-0.4, -0.2) is 25.7 Å². The van der Waals surface area contributed by atoms with E-state index in [1.807, 2.05) is 12.1 Å². The van der Waals surface area contributed by atoms with Gasteiger partial charge in [0.2, 0.25) is 15.9 Å². The molecule has 138 valence electrons. The Kier molecular flexibility index (Phi) is 4.16. The van der Waals surface area contributed by atoms with Crippen molar-refractivity contribution in [2.75, 3.05) is 12.4 Å². The van der Waals surface area contributed by atoms with Crippen molar-refractivity contribution in [2.24, 2.45) is 5.92 Å². The molecule has 1 aromatic heterocycles. The van der Waals surface area contributed by atoms with Gasteiger partial charge < -0.3 is 9.73 Å². The topological polar surface area (TPSA) is 79.6 Å². The first-order valence-corrected chi connectivity index (χ1v) is 10.3. The van der Waals surface area contributed by atoms with Gasteiger partial charge >= 0.3 is 0 Å². The van der Waals surface area contributed by atoms with E-state index in [0.717, 1.165) is 17.7 Å². The van der Waals surface area contributed by atoms with Gasteiger partial charge in [-0.05, 0) is 54.7 Å². The summed E-state index contributed by atoms with van der Waals surface area (Å²) >= 11 is 0. The summed E-state index contributed by atoms with van der Waals surface area (Å²) in [4.78, 5) is 11.7. The van der Waals surface area contributed by atoms with Crippen molar-refractivity contribution in [3.05, 3.63) is 47.4 Å². The molecule has 1 saturated carbocycles. The average Bonchev–Trinajstić information content (AvgIpc) is 3.15. The smallest absolute Gasteiger partial charge is 0.243 e. The summed E-state index contributed by atoms with van der Waals surface area (Å²) in [5, 5.41) is 2.77. The number of hydrogen-bond acceptors (Lipinski definition) is 4. The summed E-state index contributed by atoms with van der Waals surface area (Å²) in [5.74, 6) is 2.68. The fourth-order valence-electron chi connectivity index (χ4n) is 3.40. The highest BCUT2D eigenvalue weighted by atomic mass is 32.2. The maximum Gasteiger partial charge on any atom is 0.243 e. The van der Waals surface area contributed by atoms with E-state index in [-0.39, 0.29) is 17.3 Å². The first kappa shape index (κ1) is 17.3. The molecule has 6 nitrogen and oxygen atoms in total. The molecule has 2 heterocycles.